The average Bonchev–Trinajstić information content (AvgIpc) is 3.39. The highest BCUT2D eigenvalue weighted by Crippen LogP contribution is 2.41. The fraction of sp³-hybridized carbons (Fsp3) is 0.360. The van der Waals surface area contributed by atoms with Gasteiger partial charge in [0, 0.05) is 16.6 Å². The number of fused-ring (bicyclic) bond motifs is 1. The SMILES string of the molecule is CCN(CC)CCCN1C(=O)C(=O)/C(=C(/O)c2ccc3c(c2)OCO3)C1c1cccc(Br)c1. The van der Waals surface area contributed by atoms with Crippen LogP contribution in [-0.2, 0) is 9.59 Å². The van der Waals surface area contributed by atoms with Crippen molar-refractivity contribution < 1.29 is 24.2 Å². The minimum Gasteiger partial charge on any atom is -0.507 e. The summed E-state index contributed by atoms with van der Waals surface area (Å²) in [6, 6.07) is 11.8. The number of Topliss-reactive ketones (excluding diaryl/α,β-unsaturated/α-hetero) is 1. The maximum Gasteiger partial charge on any atom is 0.295 e. The Balaban J connectivity index is 1.73. The van der Waals surface area contributed by atoms with Gasteiger partial charge < -0.3 is 24.4 Å². The summed E-state index contributed by atoms with van der Waals surface area (Å²) in [6.45, 7) is 7.39. The number of carbonyl (C=O) groups excluding carboxylic acids is 2. The molecule has 1 fully saturated rings. The number of halogens is 1. The van der Waals surface area contributed by atoms with Gasteiger partial charge in [-0.3, -0.25) is 9.59 Å². The van der Waals surface area contributed by atoms with Gasteiger partial charge in [0.2, 0.25) is 6.79 Å². The van der Waals surface area contributed by atoms with Gasteiger partial charge in [-0.15, -0.1) is 0 Å². The van der Waals surface area contributed by atoms with E-state index < -0.39 is 17.7 Å². The molecule has 0 aromatic heterocycles. The molecule has 2 heterocycles. The highest BCUT2D eigenvalue weighted by molar-refractivity contribution is 9.10. The molecule has 174 valence electrons. The zero-order valence-corrected chi connectivity index (χ0v) is 20.3. The van der Waals surface area contributed by atoms with Crippen LogP contribution in [0.2, 0.25) is 0 Å². The van der Waals surface area contributed by atoms with E-state index in [9.17, 15) is 14.7 Å². The Bertz CT molecular complexity index is 1100. The monoisotopic (exact) mass is 514 g/mol. The molecule has 0 radical (unpaired) electrons. The number of likely N-dealkylation sites (tertiary alicyclic amines) is 1. The third-order valence-electron chi connectivity index (χ3n) is 6.12. The Morgan fingerprint density at radius 1 is 1.12 bits per heavy atom. The quantitative estimate of drug-likeness (QED) is 0.320. The zero-order valence-electron chi connectivity index (χ0n) is 18.7. The van der Waals surface area contributed by atoms with Crippen molar-refractivity contribution >= 4 is 33.4 Å². The van der Waals surface area contributed by atoms with Crippen molar-refractivity contribution in [2.24, 2.45) is 0 Å². The van der Waals surface area contributed by atoms with E-state index in [0.717, 1.165) is 36.1 Å². The van der Waals surface area contributed by atoms with Crippen molar-refractivity contribution in [1.82, 2.24) is 9.80 Å². The Hall–Kier alpha value is -2.84. The third kappa shape index (κ3) is 4.63. The molecule has 0 bridgehead atoms. The number of carbonyl (C=O) groups is 2. The first kappa shape index (κ1) is 23.3. The second-order valence-electron chi connectivity index (χ2n) is 8.00. The Morgan fingerprint density at radius 2 is 1.88 bits per heavy atom. The molecule has 2 aliphatic heterocycles. The van der Waals surface area contributed by atoms with Gasteiger partial charge >= 0.3 is 0 Å². The van der Waals surface area contributed by atoms with Gasteiger partial charge in [0.1, 0.15) is 5.76 Å². The summed E-state index contributed by atoms with van der Waals surface area (Å²) in [5.74, 6) is -0.430. The molecule has 1 unspecified atom stereocenters. The van der Waals surface area contributed by atoms with E-state index in [1.165, 1.54) is 0 Å². The van der Waals surface area contributed by atoms with Crippen LogP contribution in [0.4, 0.5) is 0 Å². The lowest BCUT2D eigenvalue weighted by molar-refractivity contribution is -0.140. The Kier molecular flexibility index (Phi) is 7.05. The molecule has 0 spiro atoms. The van der Waals surface area contributed by atoms with Crippen molar-refractivity contribution in [3.63, 3.8) is 0 Å². The number of hydrogen-bond acceptors (Lipinski definition) is 6. The molecule has 7 nitrogen and oxygen atoms in total. The lowest BCUT2D eigenvalue weighted by Crippen LogP contribution is -2.33. The van der Waals surface area contributed by atoms with Crippen LogP contribution in [-0.4, -0.2) is 59.6 Å². The van der Waals surface area contributed by atoms with Crippen molar-refractivity contribution in [1.29, 1.82) is 0 Å². The number of ketones is 1. The van der Waals surface area contributed by atoms with E-state index in [1.54, 1.807) is 23.1 Å². The largest absolute Gasteiger partial charge is 0.507 e. The topological polar surface area (TPSA) is 79.3 Å². The first-order valence-electron chi connectivity index (χ1n) is 11.1. The van der Waals surface area contributed by atoms with E-state index in [4.69, 9.17) is 9.47 Å². The smallest absolute Gasteiger partial charge is 0.295 e. The van der Waals surface area contributed by atoms with Gasteiger partial charge in [-0.1, -0.05) is 41.9 Å². The van der Waals surface area contributed by atoms with Crippen LogP contribution in [0.5, 0.6) is 11.5 Å². The van der Waals surface area contributed by atoms with Crippen LogP contribution in [0.25, 0.3) is 5.76 Å². The first-order chi connectivity index (χ1) is 15.9. The Labute approximate surface area is 201 Å². The summed E-state index contributed by atoms with van der Waals surface area (Å²) in [5, 5.41) is 11.2. The number of ether oxygens (including phenoxy) is 2. The molecule has 1 saturated heterocycles. The number of hydrogen-bond donors (Lipinski definition) is 1. The molecule has 2 aliphatic rings. The molecule has 2 aromatic rings. The fourth-order valence-corrected chi connectivity index (χ4v) is 4.75. The lowest BCUT2D eigenvalue weighted by Gasteiger charge is -2.27. The van der Waals surface area contributed by atoms with Gasteiger partial charge in [0.05, 0.1) is 11.6 Å². The fourth-order valence-electron chi connectivity index (χ4n) is 4.34. The van der Waals surface area contributed by atoms with Crippen molar-refractivity contribution in [2.75, 3.05) is 33.0 Å². The molecule has 0 saturated carbocycles. The van der Waals surface area contributed by atoms with Crippen LogP contribution in [0.3, 0.4) is 0 Å². The van der Waals surface area contributed by atoms with Crippen molar-refractivity contribution in [3.8, 4) is 11.5 Å². The molecule has 1 amide bonds. The zero-order chi connectivity index (χ0) is 23.5. The number of aliphatic hydroxyl groups excluding tert-OH is 1. The summed E-state index contributed by atoms with van der Waals surface area (Å²) < 4.78 is 11.6. The number of amides is 1. The van der Waals surface area contributed by atoms with Crippen LogP contribution < -0.4 is 9.47 Å². The summed E-state index contributed by atoms with van der Waals surface area (Å²) in [4.78, 5) is 30.1. The summed E-state index contributed by atoms with van der Waals surface area (Å²) >= 11 is 3.48. The highest BCUT2D eigenvalue weighted by atomic mass is 79.9. The van der Waals surface area contributed by atoms with Gasteiger partial charge in [-0.05, 0) is 62.0 Å². The van der Waals surface area contributed by atoms with Gasteiger partial charge in [0.25, 0.3) is 11.7 Å². The molecular weight excluding hydrogens is 488 g/mol. The van der Waals surface area contributed by atoms with E-state index in [2.05, 4.69) is 34.7 Å². The van der Waals surface area contributed by atoms with E-state index in [-0.39, 0.29) is 18.1 Å². The van der Waals surface area contributed by atoms with Crippen LogP contribution in [0.15, 0.2) is 52.5 Å². The molecule has 1 atom stereocenters. The molecule has 33 heavy (non-hydrogen) atoms. The molecule has 0 aliphatic carbocycles. The third-order valence-corrected chi connectivity index (χ3v) is 6.61. The molecule has 8 heteroatoms. The van der Waals surface area contributed by atoms with Gasteiger partial charge in [0.15, 0.2) is 11.5 Å². The predicted octanol–water partition coefficient (Wildman–Crippen LogP) is 4.33. The van der Waals surface area contributed by atoms with E-state index in [0.29, 0.717) is 23.6 Å². The lowest BCUT2D eigenvalue weighted by atomic mass is 9.95. The van der Waals surface area contributed by atoms with Gasteiger partial charge in [-0.2, -0.15) is 0 Å². The van der Waals surface area contributed by atoms with E-state index in [1.807, 2.05) is 24.3 Å². The second kappa shape index (κ2) is 9.97. The summed E-state index contributed by atoms with van der Waals surface area (Å²) in [6.07, 6.45) is 0.725. The predicted molar refractivity (Wildman–Crippen MR) is 128 cm³/mol. The number of nitrogens with zero attached hydrogens (tertiary/aromatic N) is 2. The molecular formula is C25H27BrN2O5. The molecule has 2 aromatic carbocycles. The number of benzene rings is 2. The summed E-state index contributed by atoms with van der Waals surface area (Å²) in [7, 11) is 0. The van der Waals surface area contributed by atoms with Gasteiger partial charge in [-0.25, -0.2) is 0 Å². The maximum atomic E-state index is 13.2. The number of aliphatic hydroxyl groups is 1. The molecule has 1 N–H and O–H groups in total. The minimum atomic E-state index is -0.682. The Morgan fingerprint density at radius 3 is 2.61 bits per heavy atom. The molecule has 4 rings (SSSR count). The average molecular weight is 515 g/mol. The maximum absolute atomic E-state index is 13.2. The first-order valence-corrected chi connectivity index (χ1v) is 11.9. The van der Waals surface area contributed by atoms with Crippen molar-refractivity contribution in [3.05, 3.63) is 63.6 Å². The standard InChI is InChI=1S/C25H27BrN2O5/c1-3-27(4-2)11-6-12-28-22(16-7-5-8-18(26)13-16)21(24(30)25(28)31)23(29)17-9-10-19-20(14-17)33-15-32-19/h5,7-10,13-14,22,29H,3-4,6,11-12,15H2,1-2H3/b23-21+. The van der Waals surface area contributed by atoms with Crippen LogP contribution in [0.1, 0.15) is 37.4 Å². The second-order valence-corrected chi connectivity index (χ2v) is 8.91. The highest BCUT2D eigenvalue weighted by Gasteiger charge is 2.46. The number of rotatable bonds is 8. The van der Waals surface area contributed by atoms with Crippen LogP contribution in [0, 0.1) is 0 Å². The van der Waals surface area contributed by atoms with Crippen LogP contribution >= 0.6 is 15.9 Å². The van der Waals surface area contributed by atoms with E-state index >= 15 is 0 Å². The minimum absolute atomic E-state index is 0.0832. The van der Waals surface area contributed by atoms with Crippen molar-refractivity contribution in [2.45, 2.75) is 26.3 Å². The summed E-state index contributed by atoms with van der Waals surface area (Å²) in [5.41, 5.74) is 1.24. The normalized spacial score (nSPS) is 19.0.